The van der Waals surface area contributed by atoms with Crippen molar-refractivity contribution in [2.75, 3.05) is 7.05 Å². The Morgan fingerprint density at radius 1 is 1.23 bits per heavy atom. The number of fused-ring (bicyclic) bond motifs is 1. The molecular weight excluding hydrogens is 298 g/mol. The number of rotatable bonds is 3. The van der Waals surface area contributed by atoms with Crippen LogP contribution in [0.4, 0.5) is 0 Å². The van der Waals surface area contributed by atoms with Crippen molar-refractivity contribution in [1.29, 1.82) is 0 Å². The molecule has 0 bridgehead atoms. The maximum absolute atomic E-state index is 12.8. The normalized spacial score (nSPS) is 10.9. The van der Waals surface area contributed by atoms with Gasteiger partial charge in [0.15, 0.2) is 0 Å². The van der Waals surface area contributed by atoms with Crippen LogP contribution in [0.25, 0.3) is 5.65 Å². The highest BCUT2D eigenvalue weighted by atomic mass is 35.5. The van der Waals surface area contributed by atoms with Crippen LogP contribution in [0, 0.1) is 6.92 Å². The van der Waals surface area contributed by atoms with Crippen molar-refractivity contribution in [3.05, 3.63) is 70.6 Å². The third kappa shape index (κ3) is 2.70. The van der Waals surface area contributed by atoms with Crippen molar-refractivity contribution in [2.45, 2.75) is 13.5 Å². The van der Waals surface area contributed by atoms with Gasteiger partial charge in [0.2, 0.25) is 0 Å². The van der Waals surface area contributed by atoms with Crippen molar-refractivity contribution in [1.82, 2.24) is 14.3 Å². The van der Waals surface area contributed by atoms with Crippen molar-refractivity contribution in [3.8, 4) is 0 Å². The lowest BCUT2D eigenvalue weighted by atomic mass is 10.2. The van der Waals surface area contributed by atoms with Gasteiger partial charge >= 0.3 is 0 Å². The monoisotopic (exact) mass is 313 g/mol. The molecule has 3 rings (SSSR count). The number of carbonyl (C=O) groups is 1. The van der Waals surface area contributed by atoms with E-state index in [9.17, 15) is 4.79 Å². The molecule has 0 radical (unpaired) electrons. The average Bonchev–Trinajstić information content (AvgIpc) is 2.82. The molecule has 1 aromatic carbocycles. The smallest absolute Gasteiger partial charge is 0.272 e. The van der Waals surface area contributed by atoms with E-state index in [0.29, 0.717) is 23.0 Å². The fourth-order valence-corrected chi connectivity index (χ4v) is 2.66. The van der Waals surface area contributed by atoms with Crippen LogP contribution < -0.4 is 0 Å². The van der Waals surface area contributed by atoms with E-state index in [0.717, 1.165) is 11.2 Å². The van der Waals surface area contributed by atoms with E-state index >= 15 is 0 Å². The van der Waals surface area contributed by atoms with Gasteiger partial charge < -0.3 is 4.90 Å². The predicted molar refractivity (Wildman–Crippen MR) is 87.2 cm³/mol. The molecule has 2 heterocycles. The largest absolute Gasteiger partial charge is 0.336 e. The van der Waals surface area contributed by atoms with Gasteiger partial charge in [-0.3, -0.25) is 9.20 Å². The zero-order valence-corrected chi connectivity index (χ0v) is 13.2. The van der Waals surface area contributed by atoms with Gasteiger partial charge in [0.25, 0.3) is 5.91 Å². The molecule has 2 aromatic heterocycles. The van der Waals surface area contributed by atoms with Gasteiger partial charge in [-0.2, -0.15) is 0 Å². The van der Waals surface area contributed by atoms with E-state index in [-0.39, 0.29) is 5.91 Å². The molecule has 112 valence electrons. The second-order valence-corrected chi connectivity index (χ2v) is 5.70. The maximum Gasteiger partial charge on any atom is 0.272 e. The van der Waals surface area contributed by atoms with E-state index in [4.69, 9.17) is 11.6 Å². The van der Waals surface area contributed by atoms with Gasteiger partial charge in [-0.15, -0.1) is 0 Å². The van der Waals surface area contributed by atoms with Crippen LogP contribution in [0.3, 0.4) is 0 Å². The molecule has 22 heavy (non-hydrogen) atoms. The number of halogens is 1. The summed E-state index contributed by atoms with van der Waals surface area (Å²) >= 11 is 6.04. The molecule has 0 aliphatic heterocycles. The van der Waals surface area contributed by atoms with Crippen molar-refractivity contribution in [2.24, 2.45) is 0 Å². The lowest BCUT2D eigenvalue weighted by molar-refractivity contribution is 0.0777. The Morgan fingerprint density at radius 3 is 2.68 bits per heavy atom. The molecule has 5 heteroatoms. The minimum atomic E-state index is -0.0730. The molecule has 0 N–H and O–H groups in total. The number of carbonyl (C=O) groups excluding carboxylic acids is 1. The molecule has 0 saturated carbocycles. The zero-order chi connectivity index (χ0) is 15.7. The summed E-state index contributed by atoms with van der Waals surface area (Å²) in [7, 11) is 1.79. The SMILES string of the molecule is Cc1nc2ccc(Cl)cn2c1C(=O)N(C)Cc1ccccc1. The van der Waals surface area contributed by atoms with Gasteiger partial charge in [-0.05, 0) is 24.6 Å². The Bertz CT molecular complexity index is 827. The Labute approximate surface area is 134 Å². The first-order chi connectivity index (χ1) is 10.6. The number of benzene rings is 1. The van der Waals surface area contributed by atoms with Crippen LogP contribution in [0.15, 0.2) is 48.7 Å². The van der Waals surface area contributed by atoms with Gasteiger partial charge in [-0.1, -0.05) is 41.9 Å². The van der Waals surface area contributed by atoms with Crippen LogP contribution in [0.2, 0.25) is 5.02 Å². The second kappa shape index (κ2) is 5.81. The highest BCUT2D eigenvalue weighted by molar-refractivity contribution is 6.30. The molecule has 0 saturated heterocycles. The van der Waals surface area contributed by atoms with Crippen molar-refractivity contribution < 1.29 is 4.79 Å². The van der Waals surface area contributed by atoms with E-state index < -0.39 is 0 Å². The van der Waals surface area contributed by atoms with Gasteiger partial charge in [-0.25, -0.2) is 4.98 Å². The van der Waals surface area contributed by atoms with E-state index in [1.807, 2.05) is 43.3 Å². The molecule has 0 fully saturated rings. The van der Waals surface area contributed by atoms with Crippen LogP contribution in [-0.2, 0) is 6.54 Å². The number of amides is 1. The summed E-state index contributed by atoms with van der Waals surface area (Å²) in [4.78, 5) is 18.9. The van der Waals surface area contributed by atoms with Gasteiger partial charge in [0, 0.05) is 19.8 Å². The minimum Gasteiger partial charge on any atom is -0.336 e. The summed E-state index contributed by atoms with van der Waals surface area (Å²) in [5, 5.41) is 0.574. The molecule has 0 aliphatic carbocycles. The number of nitrogens with zero attached hydrogens (tertiary/aromatic N) is 3. The number of aryl methyl sites for hydroxylation is 1. The number of hydrogen-bond acceptors (Lipinski definition) is 2. The third-order valence-electron chi connectivity index (χ3n) is 3.57. The Balaban J connectivity index is 1.94. The first-order valence-electron chi connectivity index (χ1n) is 7.00. The average molecular weight is 314 g/mol. The van der Waals surface area contributed by atoms with Crippen LogP contribution >= 0.6 is 11.6 Å². The quantitative estimate of drug-likeness (QED) is 0.741. The molecule has 0 unspecified atom stereocenters. The summed E-state index contributed by atoms with van der Waals surface area (Å²) in [6.07, 6.45) is 1.72. The zero-order valence-electron chi connectivity index (χ0n) is 12.5. The molecular formula is C17H16ClN3O. The maximum atomic E-state index is 12.8. The Hall–Kier alpha value is -2.33. The van der Waals surface area contributed by atoms with Crippen LogP contribution in [-0.4, -0.2) is 27.2 Å². The number of pyridine rings is 1. The fraction of sp³-hybridized carbons (Fsp3) is 0.176. The topological polar surface area (TPSA) is 37.6 Å². The van der Waals surface area contributed by atoms with Gasteiger partial charge in [0.1, 0.15) is 11.3 Å². The highest BCUT2D eigenvalue weighted by Gasteiger charge is 2.20. The van der Waals surface area contributed by atoms with Crippen LogP contribution in [0.1, 0.15) is 21.7 Å². The summed E-state index contributed by atoms with van der Waals surface area (Å²) in [6, 6.07) is 13.5. The second-order valence-electron chi connectivity index (χ2n) is 5.27. The standard InChI is InChI=1S/C17H16ClN3O/c1-12-16(21-11-14(18)8-9-15(21)19-12)17(22)20(2)10-13-6-4-3-5-7-13/h3-9,11H,10H2,1-2H3. The highest BCUT2D eigenvalue weighted by Crippen LogP contribution is 2.18. The Morgan fingerprint density at radius 2 is 1.95 bits per heavy atom. The predicted octanol–water partition coefficient (Wildman–Crippen LogP) is 3.57. The van der Waals surface area contributed by atoms with Crippen LogP contribution in [0.5, 0.6) is 0 Å². The number of hydrogen-bond donors (Lipinski definition) is 0. The van der Waals surface area contributed by atoms with E-state index in [2.05, 4.69) is 4.98 Å². The van der Waals surface area contributed by atoms with Crippen molar-refractivity contribution in [3.63, 3.8) is 0 Å². The number of imidazole rings is 1. The summed E-state index contributed by atoms with van der Waals surface area (Å²) in [5.74, 6) is -0.0730. The first kappa shape index (κ1) is 14.6. The summed E-state index contributed by atoms with van der Waals surface area (Å²) < 4.78 is 1.75. The molecule has 0 atom stereocenters. The van der Waals surface area contributed by atoms with E-state index in [1.54, 1.807) is 28.6 Å². The summed E-state index contributed by atoms with van der Waals surface area (Å²) in [5.41, 5.74) is 3.06. The lowest BCUT2D eigenvalue weighted by Crippen LogP contribution is -2.28. The fourth-order valence-electron chi connectivity index (χ4n) is 2.50. The minimum absolute atomic E-state index is 0.0730. The molecule has 3 aromatic rings. The first-order valence-corrected chi connectivity index (χ1v) is 7.37. The van der Waals surface area contributed by atoms with E-state index in [1.165, 1.54) is 0 Å². The Kier molecular flexibility index (Phi) is 3.86. The third-order valence-corrected chi connectivity index (χ3v) is 3.79. The summed E-state index contributed by atoms with van der Waals surface area (Å²) in [6.45, 7) is 2.39. The number of aromatic nitrogens is 2. The molecule has 4 nitrogen and oxygen atoms in total. The van der Waals surface area contributed by atoms with Gasteiger partial charge in [0.05, 0.1) is 10.7 Å². The molecule has 0 aliphatic rings. The molecule has 0 spiro atoms. The van der Waals surface area contributed by atoms with Crippen molar-refractivity contribution >= 4 is 23.2 Å². The lowest BCUT2D eigenvalue weighted by Gasteiger charge is -2.17. The molecule has 1 amide bonds.